The van der Waals surface area contributed by atoms with Crippen LogP contribution in [-0.2, 0) is 26.1 Å². The minimum atomic E-state index is -4.38. The van der Waals surface area contributed by atoms with Gasteiger partial charge in [-0.2, -0.15) is 8.42 Å². The summed E-state index contributed by atoms with van der Waals surface area (Å²) in [5.41, 5.74) is 2.80. The van der Waals surface area contributed by atoms with Crippen molar-refractivity contribution in [2.75, 3.05) is 11.9 Å². The van der Waals surface area contributed by atoms with Crippen LogP contribution in [-0.4, -0.2) is 36.4 Å². The molecule has 0 spiro atoms. The fourth-order valence-electron chi connectivity index (χ4n) is 2.99. The molecule has 3 heterocycles. The number of amides is 1. The Morgan fingerprint density at radius 2 is 2.00 bits per heavy atom. The highest BCUT2D eigenvalue weighted by Crippen LogP contribution is 2.35. The maximum absolute atomic E-state index is 12.3. The van der Waals surface area contributed by atoms with E-state index in [4.69, 9.17) is 4.74 Å². The Labute approximate surface area is 142 Å². The number of carbonyl (C=O) groups excluding carboxylic acids is 2. The van der Waals surface area contributed by atoms with Crippen molar-refractivity contribution in [1.29, 1.82) is 0 Å². The molecule has 2 aliphatic rings. The first-order chi connectivity index (χ1) is 11.8. The number of rotatable bonds is 2. The van der Waals surface area contributed by atoms with Crippen LogP contribution in [0.3, 0.4) is 0 Å². The molecule has 1 aromatic carbocycles. The summed E-state index contributed by atoms with van der Waals surface area (Å²) in [6, 6.07) is 3.86. The van der Waals surface area contributed by atoms with E-state index in [9.17, 15) is 22.6 Å². The number of ether oxygens (including phenoxy) is 1. The van der Waals surface area contributed by atoms with Crippen molar-refractivity contribution in [3.05, 3.63) is 46.8 Å². The maximum atomic E-state index is 12.3. The topological polar surface area (TPSA) is 126 Å². The third kappa shape index (κ3) is 2.53. The van der Waals surface area contributed by atoms with E-state index < -0.39 is 22.0 Å². The number of aromatic amines is 1. The van der Waals surface area contributed by atoms with Crippen molar-refractivity contribution in [1.82, 2.24) is 4.98 Å². The number of esters is 1. The fourth-order valence-corrected chi connectivity index (χ4v) is 3.50. The lowest BCUT2D eigenvalue weighted by atomic mass is 10.0. The van der Waals surface area contributed by atoms with Crippen molar-refractivity contribution in [2.24, 2.45) is 0 Å². The van der Waals surface area contributed by atoms with Gasteiger partial charge in [0, 0.05) is 29.6 Å². The Balaban J connectivity index is 1.84. The van der Waals surface area contributed by atoms with Crippen molar-refractivity contribution >= 4 is 39.3 Å². The standard InChI is InChI=1S/C16H12N2O6S/c19-15-11(6-14-9-3-4-24-16(20)12(9)7-17-14)10-5-8(25(21,22)23)1-2-13(10)18-15/h1-2,5-7,17H,3-4H2,(H,18,19)(H,21,22,23). The molecule has 0 saturated carbocycles. The zero-order valence-corrected chi connectivity index (χ0v) is 13.5. The predicted octanol–water partition coefficient (Wildman–Crippen LogP) is 1.47. The summed E-state index contributed by atoms with van der Waals surface area (Å²) in [6.07, 6.45) is 3.60. The van der Waals surface area contributed by atoms with Crippen molar-refractivity contribution < 1.29 is 27.3 Å². The number of hydrogen-bond donors (Lipinski definition) is 3. The lowest BCUT2D eigenvalue weighted by Crippen LogP contribution is -2.16. The molecule has 8 nitrogen and oxygen atoms in total. The lowest BCUT2D eigenvalue weighted by Gasteiger charge is -2.12. The van der Waals surface area contributed by atoms with Gasteiger partial charge in [-0.05, 0) is 29.8 Å². The molecule has 0 radical (unpaired) electrons. The maximum Gasteiger partial charge on any atom is 0.339 e. The van der Waals surface area contributed by atoms with Gasteiger partial charge in [0.25, 0.3) is 16.0 Å². The molecular formula is C16H12N2O6S. The number of hydrogen-bond acceptors (Lipinski definition) is 5. The molecule has 9 heteroatoms. The van der Waals surface area contributed by atoms with Crippen LogP contribution in [0.5, 0.6) is 0 Å². The SMILES string of the molecule is O=C1Nc2ccc(S(=O)(=O)O)cc2C1=Cc1[nH]cc2c1CCOC2=O. The summed E-state index contributed by atoms with van der Waals surface area (Å²) in [5, 5.41) is 2.64. The average Bonchev–Trinajstić information content (AvgIpc) is 3.09. The van der Waals surface area contributed by atoms with Crippen LogP contribution in [0, 0.1) is 0 Å². The third-order valence-corrected chi connectivity index (χ3v) is 5.04. The van der Waals surface area contributed by atoms with E-state index in [0.717, 1.165) is 5.56 Å². The van der Waals surface area contributed by atoms with Crippen LogP contribution in [0.2, 0.25) is 0 Å². The Morgan fingerprint density at radius 1 is 1.20 bits per heavy atom. The third-order valence-electron chi connectivity index (χ3n) is 4.19. The Bertz CT molecular complexity index is 1060. The van der Waals surface area contributed by atoms with E-state index in [1.165, 1.54) is 24.4 Å². The van der Waals surface area contributed by atoms with Crippen LogP contribution >= 0.6 is 0 Å². The smallest absolute Gasteiger partial charge is 0.339 e. The normalized spacial score (nSPS) is 17.9. The van der Waals surface area contributed by atoms with Crippen LogP contribution in [0.1, 0.15) is 27.2 Å². The molecule has 25 heavy (non-hydrogen) atoms. The number of anilines is 1. The Kier molecular flexibility index (Phi) is 3.31. The number of aromatic nitrogens is 1. The highest BCUT2D eigenvalue weighted by Gasteiger charge is 2.28. The summed E-state index contributed by atoms with van der Waals surface area (Å²) in [6.45, 7) is 0.259. The fraction of sp³-hybridized carbons (Fsp3) is 0.125. The van der Waals surface area contributed by atoms with E-state index in [1.807, 2.05) is 0 Å². The molecule has 3 N–H and O–H groups in total. The second-order valence-corrected chi connectivity index (χ2v) is 7.10. The minimum Gasteiger partial charge on any atom is -0.462 e. The first-order valence-electron chi connectivity index (χ1n) is 7.37. The van der Waals surface area contributed by atoms with Gasteiger partial charge in [0.05, 0.1) is 22.6 Å². The summed E-state index contributed by atoms with van der Waals surface area (Å²) < 4.78 is 36.8. The van der Waals surface area contributed by atoms with Crippen molar-refractivity contribution in [2.45, 2.75) is 11.3 Å². The molecule has 4 rings (SSSR count). The van der Waals surface area contributed by atoms with Gasteiger partial charge in [0.1, 0.15) is 0 Å². The van der Waals surface area contributed by atoms with Gasteiger partial charge >= 0.3 is 5.97 Å². The van der Waals surface area contributed by atoms with Gasteiger partial charge in [0.2, 0.25) is 0 Å². The van der Waals surface area contributed by atoms with Crippen molar-refractivity contribution in [3.63, 3.8) is 0 Å². The molecule has 0 saturated heterocycles. The van der Waals surface area contributed by atoms with Crippen LogP contribution < -0.4 is 5.32 Å². The quantitative estimate of drug-likeness (QED) is 0.423. The van der Waals surface area contributed by atoms with E-state index in [2.05, 4.69) is 10.3 Å². The van der Waals surface area contributed by atoms with Gasteiger partial charge in [0.15, 0.2) is 0 Å². The van der Waals surface area contributed by atoms with E-state index in [-0.39, 0.29) is 17.1 Å². The van der Waals surface area contributed by atoms with E-state index >= 15 is 0 Å². The van der Waals surface area contributed by atoms with Gasteiger partial charge in [-0.15, -0.1) is 0 Å². The van der Waals surface area contributed by atoms with Crippen LogP contribution in [0.25, 0.3) is 11.6 Å². The second-order valence-electron chi connectivity index (χ2n) is 5.68. The predicted molar refractivity (Wildman–Crippen MR) is 87.5 cm³/mol. The number of nitrogens with one attached hydrogen (secondary N) is 2. The average molecular weight is 360 g/mol. The van der Waals surface area contributed by atoms with Gasteiger partial charge in [-0.3, -0.25) is 9.35 Å². The molecule has 0 fully saturated rings. The van der Waals surface area contributed by atoms with Gasteiger partial charge in [-0.1, -0.05) is 0 Å². The van der Waals surface area contributed by atoms with Gasteiger partial charge in [-0.25, -0.2) is 4.79 Å². The molecule has 128 valence electrons. The summed E-state index contributed by atoms with van der Waals surface area (Å²) in [5.74, 6) is -0.823. The first kappa shape index (κ1) is 15.6. The second kappa shape index (κ2) is 5.30. The monoisotopic (exact) mass is 360 g/mol. The molecule has 0 unspecified atom stereocenters. The first-order valence-corrected chi connectivity index (χ1v) is 8.81. The zero-order valence-electron chi connectivity index (χ0n) is 12.7. The molecule has 0 aliphatic carbocycles. The molecular weight excluding hydrogens is 348 g/mol. The molecule has 0 atom stereocenters. The largest absolute Gasteiger partial charge is 0.462 e. The number of cyclic esters (lactones) is 1. The number of fused-ring (bicyclic) bond motifs is 2. The minimum absolute atomic E-state index is 0.240. The molecule has 1 aromatic heterocycles. The molecule has 0 bridgehead atoms. The summed E-state index contributed by atoms with van der Waals surface area (Å²) in [4.78, 5) is 26.6. The van der Waals surface area contributed by atoms with E-state index in [0.29, 0.717) is 28.9 Å². The number of carbonyl (C=O) groups is 2. The lowest BCUT2D eigenvalue weighted by molar-refractivity contribution is -0.110. The molecule has 1 amide bonds. The number of benzene rings is 1. The molecule has 2 aliphatic heterocycles. The molecule has 2 aromatic rings. The zero-order chi connectivity index (χ0) is 17.8. The highest BCUT2D eigenvalue weighted by molar-refractivity contribution is 7.85. The summed E-state index contributed by atoms with van der Waals surface area (Å²) >= 11 is 0. The Hall–Kier alpha value is -2.91. The highest BCUT2D eigenvalue weighted by atomic mass is 32.2. The van der Waals surface area contributed by atoms with E-state index in [1.54, 1.807) is 6.08 Å². The summed E-state index contributed by atoms with van der Waals surface area (Å²) in [7, 11) is -4.38. The van der Waals surface area contributed by atoms with Gasteiger partial charge < -0.3 is 15.0 Å². The van der Waals surface area contributed by atoms with Crippen LogP contribution in [0.4, 0.5) is 5.69 Å². The Morgan fingerprint density at radius 3 is 2.76 bits per heavy atom. The van der Waals surface area contributed by atoms with Crippen molar-refractivity contribution in [3.8, 4) is 0 Å². The van der Waals surface area contributed by atoms with Crippen LogP contribution in [0.15, 0.2) is 29.3 Å². The number of H-pyrrole nitrogens is 1.